The smallest absolute Gasteiger partial charge is 0.264 e. The van der Waals surface area contributed by atoms with E-state index in [4.69, 9.17) is 0 Å². The topological polar surface area (TPSA) is 86.8 Å². The monoisotopic (exact) mass is 549 g/mol. The van der Waals surface area contributed by atoms with Crippen LogP contribution in [0.4, 0.5) is 5.69 Å². The second-order valence-electron chi connectivity index (χ2n) is 11.0. The molecule has 0 fully saturated rings. The highest BCUT2D eigenvalue weighted by Crippen LogP contribution is 2.28. The molecule has 0 heterocycles. The summed E-state index contributed by atoms with van der Waals surface area (Å²) in [5.41, 5.74) is 3.39. The molecule has 2 amide bonds. The minimum atomic E-state index is -4.10. The molecule has 0 unspecified atom stereocenters. The summed E-state index contributed by atoms with van der Waals surface area (Å²) in [5.74, 6) is -0.794. The van der Waals surface area contributed by atoms with Crippen molar-refractivity contribution >= 4 is 27.5 Å². The Morgan fingerprint density at radius 2 is 1.46 bits per heavy atom. The van der Waals surface area contributed by atoms with Crippen molar-refractivity contribution in [2.45, 2.75) is 71.5 Å². The first-order valence-electron chi connectivity index (χ1n) is 13.0. The van der Waals surface area contributed by atoms with E-state index in [0.717, 1.165) is 26.6 Å². The maximum atomic E-state index is 14.0. The van der Waals surface area contributed by atoms with Crippen LogP contribution in [0, 0.1) is 20.8 Å². The zero-order chi connectivity index (χ0) is 29.0. The molecule has 39 heavy (non-hydrogen) atoms. The summed E-state index contributed by atoms with van der Waals surface area (Å²) in [7, 11) is -4.10. The van der Waals surface area contributed by atoms with Crippen molar-refractivity contribution in [3.05, 3.63) is 95.1 Å². The van der Waals surface area contributed by atoms with Gasteiger partial charge in [0.1, 0.15) is 12.6 Å². The molecule has 1 N–H and O–H groups in total. The number of benzene rings is 3. The molecular weight excluding hydrogens is 510 g/mol. The first-order chi connectivity index (χ1) is 18.2. The van der Waals surface area contributed by atoms with Gasteiger partial charge in [-0.2, -0.15) is 0 Å². The molecule has 0 aliphatic carbocycles. The summed E-state index contributed by atoms with van der Waals surface area (Å²) in [6.07, 6.45) is 0. The fraction of sp³-hybridized carbons (Fsp3) is 0.355. The van der Waals surface area contributed by atoms with E-state index in [1.54, 1.807) is 37.3 Å². The van der Waals surface area contributed by atoms with Gasteiger partial charge in [-0.3, -0.25) is 13.9 Å². The summed E-state index contributed by atoms with van der Waals surface area (Å²) in [6.45, 7) is 12.6. The van der Waals surface area contributed by atoms with Gasteiger partial charge in [-0.25, -0.2) is 8.42 Å². The van der Waals surface area contributed by atoms with Crippen LogP contribution in [0.5, 0.6) is 0 Å². The number of nitrogens with one attached hydrogen (secondary N) is 1. The number of aryl methyl sites for hydroxylation is 3. The Bertz CT molecular complexity index is 1410. The van der Waals surface area contributed by atoms with E-state index in [1.165, 1.54) is 4.90 Å². The summed E-state index contributed by atoms with van der Waals surface area (Å²) in [4.78, 5) is 28.7. The molecule has 0 spiro atoms. The summed E-state index contributed by atoms with van der Waals surface area (Å²) in [6, 6.07) is 20.5. The lowest BCUT2D eigenvalue weighted by molar-refractivity contribution is -0.140. The quantitative estimate of drug-likeness (QED) is 0.401. The molecule has 3 aromatic rings. The number of carbonyl (C=O) groups excluding carboxylic acids is 2. The van der Waals surface area contributed by atoms with Crippen LogP contribution in [-0.2, 0) is 26.2 Å². The summed E-state index contributed by atoms with van der Waals surface area (Å²) in [5, 5.41) is 2.94. The van der Waals surface area contributed by atoms with Crippen molar-refractivity contribution in [1.29, 1.82) is 0 Å². The van der Waals surface area contributed by atoms with Gasteiger partial charge in [0.15, 0.2) is 0 Å². The summed E-state index contributed by atoms with van der Waals surface area (Å²) >= 11 is 0. The van der Waals surface area contributed by atoms with Crippen molar-refractivity contribution in [2.24, 2.45) is 0 Å². The van der Waals surface area contributed by atoms with Gasteiger partial charge in [0.05, 0.1) is 10.6 Å². The highest BCUT2D eigenvalue weighted by Gasteiger charge is 2.33. The molecule has 0 bridgehead atoms. The standard InChI is InChI=1S/C31H39N3O4S/c1-22-13-16-27(17-14-22)39(37,38)34(28-18-15-23(2)19-24(28)3)21-29(35)33(20-26-11-9-8-10-12-26)25(4)30(36)32-31(5,6)7/h8-19,25H,20-21H2,1-7H3,(H,32,36)/t25-/m0/s1. The highest BCUT2D eigenvalue weighted by atomic mass is 32.2. The summed E-state index contributed by atoms with van der Waals surface area (Å²) < 4.78 is 29.1. The number of hydrogen-bond acceptors (Lipinski definition) is 4. The molecular formula is C31H39N3O4S. The molecule has 0 radical (unpaired) electrons. The number of rotatable bonds is 9. The zero-order valence-electron chi connectivity index (χ0n) is 23.9. The molecule has 7 nitrogen and oxygen atoms in total. The van der Waals surface area contributed by atoms with Crippen molar-refractivity contribution < 1.29 is 18.0 Å². The van der Waals surface area contributed by atoms with Gasteiger partial charge < -0.3 is 10.2 Å². The van der Waals surface area contributed by atoms with E-state index in [1.807, 2.05) is 84.0 Å². The number of sulfonamides is 1. The predicted octanol–water partition coefficient (Wildman–Crippen LogP) is 5.14. The highest BCUT2D eigenvalue weighted by molar-refractivity contribution is 7.92. The first-order valence-corrected chi connectivity index (χ1v) is 14.4. The van der Waals surface area contributed by atoms with Crippen LogP contribution in [0.1, 0.15) is 49.9 Å². The predicted molar refractivity (Wildman–Crippen MR) is 156 cm³/mol. The fourth-order valence-corrected chi connectivity index (χ4v) is 5.75. The van der Waals surface area contributed by atoms with Crippen LogP contribution < -0.4 is 9.62 Å². The second-order valence-corrected chi connectivity index (χ2v) is 12.9. The minimum absolute atomic E-state index is 0.0917. The Balaban J connectivity index is 2.06. The molecule has 8 heteroatoms. The maximum absolute atomic E-state index is 14.0. The van der Waals surface area contributed by atoms with Gasteiger partial charge in [-0.1, -0.05) is 65.7 Å². The van der Waals surface area contributed by atoms with E-state index in [-0.39, 0.29) is 17.3 Å². The Hall–Kier alpha value is -3.65. The largest absolute Gasteiger partial charge is 0.350 e. The Kier molecular flexibility index (Phi) is 9.22. The Morgan fingerprint density at radius 1 is 0.872 bits per heavy atom. The van der Waals surface area contributed by atoms with Gasteiger partial charge in [0, 0.05) is 12.1 Å². The molecule has 3 aromatic carbocycles. The van der Waals surface area contributed by atoms with Crippen LogP contribution in [0.2, 0.25) is 0 Å². The molecule has 208 valence electrons. The number of nitrogens with zero attached hydrogens (tertiary/aromatic N) is 2. The molecule has 3 rings (SSSR count). The van der Waals surface area contributed by atoms with Crippen LogP contribution in [0.3, 0.4) is 0 Å². The lowest BCUT2D eigenvalue weighted by Crippen LogP contribution is -2.54. The lowest BCUT2D eigenvalue weighted by atomic mass is 10.1. The van der Waals surface area contributed by atoms with Gasteiger partial charge in [0.25, 0.3) is 10.0 Å². The average molecular weight is 550 g/mol. The van der Waals surface area contributed by atoms with Gasteiger partial charge in [0.2, 0.25) is 11.8 Å². The average Bonchev–Trinajstić information content (AvgIpc) is 2.85. The van der Waals surface area contributed by atoms with Crippen molar-refractivity contribution in [3.63, 3.8) is 0 Å². The number of hydrogen-bond donors (Lipinski definition) is 1. The molecule has 0 saturated heterocycles. The van der Waals surface area contributed by atoms with Crippen LogP contribution in [0.15, 0.2) is 77.7 Å². The van der Waals surface area contributed by atoms with E-state index in [9.17, 15) is 18.0 Å². The van der Waals surface area contributed by atoms with Crippen molar-refractivity contribution in [2.75, 3.05) is 10.8 Å². The zero-order valence-corrected chi connectivity index (χ0v) is 24.7. The Morgan fingerprint density at radius 3 is 2.03 bits per heavy atom. The second kappa shape index (κ2) is 12.0. The first kappa shape index (κ1) is 29.9. The number of anilines is 1. The number of amides is 2. The van der Waals surface area contributed by atoms with E-state index >= 15 is 0 Å². The molecule has 0 saturated carbocycles. The normalized spacial score (nSPS) is 12.5. The van der Waals surface area contributed by atoms with Crippen molar-refractivity contribution in [3.8, 4) is 0 Å². The van der Waals surface area contributed by atoms with Gasteiger partial charge >= 0.3 is 0 Å². The van der Waals surface area contributed by atoms with E-state index < -0.39 is 34.1 Å². The SMILES string of the molecule is Cc1ccc(S(=O)(=O)N(CC(=O)N(Cc2ccccc2)[C@@H](C)C(=O)NC(C)(C)C)c2ccc(C)cc2C)cc1. The van der Waals surface area contributed by atoms with Crippen LogP contribution in [0.25, 0.3) is 0 Å². The molecule has 1 atom stereocenters. The lowest BCUT2D eigenvalue weighted by Gasteiger charge is -2.34. The molecule has 0 aliphatic rings. The molecule has 0 aromatic heterocycles. The third kappa shape index (κ3) is 7.69. The fourth-order valence-electron chi connectivity index (χ4n) is 4.27. The van der Waals surface area contributed by atoms with E-state index in [2.05, 4.69) is 5.32 Å². The Labute approximate surface area is 232 Å². The van der Waals surface area contributed by atoms with E-state index in [0.29, 0.717) is 5.69 Å². The van der Waals surface area contributed by atoms with Crippen molar-refractivity contribution in [1.82, 2.24) is 10.2 Å². The van der Waals surface area contributed by atoms with Crippen LogP contribution >= 0.6 is 0 Å². The molecule has 0 aliphatic heterocycles. The third-order valence-electron chi connectivity index (χ3n) is 6.37. The third-order valence-corrected chi connectivity index (χ3v) is 8.14. The number of carbonyl (C=O) groups is 2. The van der Waals surface area contributed by atoms with Gasteiger partial charge in [-0.05, 0) is 77.8 Å². The van der Waals surface area contributed by atoms with Crippen LogP contribution in [-0.4, -0.2) is 43.3 Å². The minimum Gasteiger partial charge on any atom is -0.350 e. The maximum Gasteiger partial charge on any atom is 0.264 e. The van der Waals surface area contributed by atoms with Gasteiger partial charge in [-0.15, -0.1) is 0 Å².